The van der Waals surface area contributed by atoms with Crippen molar-refractivity contribution in [2.75, 3.05) is 69.8 Å². The van der Waals surface area contributed by atoms with Crippen molar-refractivity contribution < 1.29 is 19.1 Å². The van der Waals surface area contributed by atoms with Gasteiger partial charge in [-0.05, 0) is 60.9 Å². The Labute approximate surface area is 249 Å². The number of thiophene rings is 1. The van der Waals surface area contributed by atoms with Crippen molar-refractivity contribution in [2.24, 2.45) is 0 Å². The number of aromatic nitrogens is 1. The van der Waals surface area contributed by atoms with E-state index in [1.165, 1.54) is 0 Å². The van der Waals surface area contributed by atoms with E-state index in [0.29, 0.717) is 38.2 Å². The fourth-order valence-corrected chi connectivity index (χ4v) is 5.90. The first-order valence-corrected chi connectivity index (χ1v) is 17.7. The van der Waals surface area contributed by atoms with E-state index in [9.17, 15) is 9.59 Å². The number of benzene rings is 1. The van der Waals surface area contributed by atoms with Crippen LogP contribution in [-0.2, 0) is 11.3 Å². The molecule has 0 aliphatic carbocycles. The summed E-state index contributed by atoms with van der Waals surface area (Å²) in [5.41, 5.74) is 3.50. The van der Waals surface area contributed by atoms with Crippen LogP contribution in [0.1, 0.15) is 39.0 Å². The Kier molecular flexibility index (Phi) is 10.2. The maximum absolute atomic E-state index is 13.3. The summed E-state index contributed by atoms with van der Waals surface area (Å²) >= 11 is 1.64. The van der Waals surface area contributed by atoms with E-state index in [1.807, 2.05) is 60.6 Å². The summed E-state index contributed by atoms with van der Waals surface area (Å²) in [5.74, 6) is 1.64. The molecule has 4 rings (SSSR count). The molecule has 0 radical (unpaired) electrons. The molecule has 222 valence electrons. The highest BCUT2D eigenvalue weighted by molar-refractivity contribution is 8.32. The molecule has 2 amide bonds. The number of anilines is 1. The van der Waals surface area contributed by atoms with Gasteiger partial charge >= 0.3 is 6.09 Å². The molecule has 0 saturated carbocycles. The Hall–Kier alpha value is -3.24. The zero-order chi connectivity index (χ0) is 29.6. The molecule has 1 atom stereocenters. The molecule has 8 nitrogen and oxygen atoms in total. The molecule has 0 spiro atoms. The van der Waals surface area contributed by atoms with Gasteiger partial charge in [0, 0.05) is 69.2 Å². The van der Waals surface area contributed by atoms with Gasteiger partial charge in [-0.2, -0.15) is 0 Å². The lowest BCUT2D eigenvalue weighted by atomic mass is 10.1. The number of carbonyl (C=O) groups is 2. The molecule has 1 aromatic carbocycles. The number of fused-ring (bicyclic) bond motifs is 1. The minimum Gasteiger partial charge on any atom is -0.485 e. The molecule has 41 heavy (non-hydrogen) atoms. The van der Waals surface area contributed by atoms with Crippen LogP contribution >= 0.6 is 21.4 Å². The third-order valence-corrected chi connectivity index (χ3v) is 9.40. The minimum atomic E-state index is -0.705. The third kappa shape index (κ3) is 8.63. The van der Waals surface area contributed by atoms with Crippen LogP contribution in [0.5, 0.6) is 5.75 Å². The second-order valence-corrected chi connectivity index (χ2v) is 16.9. The van der Waals surface area contributed by atoms with Gasteiger partial charge in [0.2, 0.25) is 0 Å². The van der Waals surface area contributed by atoms with Crippen molar-refractivity contribution >= 4 is 39.1 Å². The summed E-state index contributed by atoms with van der Waals surface area (Å²) in [6, 6.07) is 14.0. The lowest BCUT2D eigenvalue weighted by Crippen LogP contribution is -2.33. The van der Waals surface area contributed by atoms with Gasteiger partial charge in [-0.15, -0.1) is 11.3 Å². The first kappa shape index (κ1) is 30.7. The van der Waals surface area contributed by atoms with E-state index in [-0.39, 0.29) is 18.1 Å². The van der Waals surface area contributed by atoms with Crippen molar-refractivity contribution in [3.63, 3.8) is 0 Å². The van der Waals surface area contributed by atoms with E-state index in [1.54, 1.807) is 29.5 Å². The van der Waals surface area contributed by atoms with Crippen molar-refractivity contribution in [3.05, 3.63) is 75.7 Å². The monoisotopic (exact) mass is 598 g/mol. The molecule has 3 heterocycles. The molecule has 0 fully saturated rings. The van der Waals surface area contributed by atoms with Crippen LogP contribution in [0.4, 0.5) is 10.5 Å². The summed E-state index contributed by atoms with van der Waals surface area (Å²) in [6.07, 6.45) is 8.48. The zero-order valence-electron chi connectivity index (χ0n) is 25.0. The van der Waals surface area contributed by atoms with E-state index in [2.05, 4.69) is 34.7 Å². The summed E-state index contributed by atoms with van der Waals surface area (Å²) in [6.45, 7) is 4.81. The number of aryl methyl sites for hydroxylation is 1. The predicted octanol–water partition coefficient (Wildman–Crippen LogP) is 5.82. The summed E-state index contributed by atoms with van der Waals surface area (Å²) in [4.78, 5) is 36.9. The highest BCUT2D eigenvalue weighted by Crippen LogP contribution is 2.34. The van der Waals surface area contributed by atoms with Gasteiger partial charge in [0.1, 0.15) is 18.5 Å². The fraction of sp³-hybridized carbons (Fsp3) is 0.452. The van der Waals surface area contributed by atoms with Crippen molar-refractivity contribution in [1.29, 1.82) is 0 Å². The van der Waals surface area contributed by atoms with Crippen LogP contribution < -0.4 is 9.64 Å². The first-order chi connectivity index (χ1) is 19.5. The molecular weight excluding hydrogens is 556 g/mol. The molecule has 0 N–H and O–H groups in total. The van der Waals surface area contributed by atoms with E-state index in [0.717, 1.165) is 39.9 Å². The minimum absolute atomic E-state index is 0.00256. The van der Waals surface area contributed by atoms with Crippen LogP contribution in [0.2, 0.25) is 0 Å². The van der Waals surface area contributed by atoms with Gasteiger partial charge in [-0.1, -0.05) is 18.2 Å². The first-order valence-electron chi connectivity index (χ1n) is 13.8. The number of pyridine rings is 1. The van der Waals surface area contributed by atoms with Gasteiger partial charge in [-0.25, -0.2) is 14.8 Å². The molecular formula is C31H42N4O4S2. The third-order valence-electron chi connectivity index (χ3n) is 7.05. The predicted molar refractivity (Wildman–Crippen MR) is 170 cm³/mol. The molecule has 0 unspecified atom stereocenters. The number of likely N-dealkylation sites (N-methyl/N-ethyl adjacent to an activating group) is 1. The van der Waals surface area contributed by atoms with Gasteiger partial charge in [0.15, 0.2) is 0 Å². The highest BCUT2D eigenvalue weighted by atomic mass is 32.3. The number of ether oxygens (including phenoxy) is 2. The molecule has 1 aliphatic heterocycles. The Bertz CT molecular complexity index is 1310. The van der Waals surface area contributed by atoms with Crippen LogP contribution in [-0.4, -0.2) is 91.6 Å². The highest BCUT2D eigenvalue weighted by Gasteiger charge is 2.26. The normalized spacial score (nSPS) is 14.7. The average molecular weight is 599 g/mol. The Morgan fingerprint density at radius 3 is 2.61 bits per heavy atom. The van der Waals surface area contributed by atoms with Crippen LogP contribution in [0.25, 0.3) is 0 Å². The number of nitrogens with zero attached hydrogens (tertiary/aromatic N) is 4. The second-order valence-electron chi connectivity index (χ2n) is 11.4. The SMILES string of the molecule is Cc1cc2c(cn1)C(=O)N(Cc1ccc(O[C@@H](CCN(C)C(=O)OCCS(C)(C)C)c3cccs3)cc1)CCN2C. The number of carbonyl (C=O) groups excluding carboxylic acids is 2. The molecule has 1 aliphatic rings. The smallest absolute Gasteiger partial charge is 0.409 e. The second kappa shape index (κ2) is 13.6. The van der Waals surface area contributed by atoms with Gasteiger partial charge < -0.3 is 24.2 Å². The van der Waals surface area contributed by atoms with Crippen LogP contribution in [0.15, 0.2) is 54.0 Å². The van der Waals surface area contributed by atoms with Crippen molar-refractivity contribution in [3.8, 4) is 5.75 Å². The number of hydrogen-bond donors (Lipinski definition) is 0. The van der Waals surface area contributed by atoms with E-state index >= 15 is 0 Å². The number of rotatable bonds is 11. The fourth-order valence-electron chi connectivity index (χ4n) is 4.52. The lowest BCUT2D eigenvalue weighted by molar-refractivity contribution is 0.0754. The molecule has 3 aromatic rings. The number of hydrogen-bond acceptors (Lipinski definition) is 7. The number of amides is 2. The van der Waals surface area contributed by atoms with Gasteiger partial charge in [0.05, 0.1) is 11.3 Å². The molecule has 10 heteroatoms. The topological polar surface area (TPSA) is 75.2 Å². The van der Waals surface area contributed by atoms with Crippen molar-refractivity contribution in [2.45, 2.75) is 26.0 Å². The van der Waals surface area contributed by atoms with Crippen LogP contribution in [0.3, 0.4) is 0 Å². The largest absolute Gasteiger partial charge is 0.485 e. The van der Waals surface area contributed by atoms with E-state index in [4.69, 9.17) is 9.47 Å². The standard InChI is InChI=1S/C31H42N4O4S2/c1-23-20-27-26(21-32-23)30(36)35(16-15-33(27)2)22-24-9-11-25(12-10-24)39-28(29-8-7-18-40-29)13-14-34(3)31(37)38-17-19-41(4,5)6/h7-12,18,20-21,28H,13-17,19,22H2,1-6H3/t28-/m0/s1. The van der Waals surface area contributed by atoms with Gasteiger partial charge in [0.25, 0.3) is 5.91 Å². The zero-order valence-corrected chi connectivity index (χ0v) is 26.6. The Morgan fingerprint density at radius 1 is 1.17 bits per heavy atom. The van der Waals surface area contributed by atoms with Crippen LogP contribution in [0, 0.1) is 6.92 Å². The summed E-state index contributed by atoms with van der Waals surface area (Å²) in [5, 5.41) is 2.03. The Balaban J connectivity index is 1.36. The lowest BCUT2D eigenvalue weighted by Gasteiger charge is -2.26. The average Bonchev–Trinajstić information content (AvgIpc) is 3.44. The molecule has 0 saturated heterocycles. The molecule has 0 bridgehead atoms. The quantitative estimate of drug-likeness (QED) is 0.277. The van der Waals surface area contributed by atoms with Crippen molar-refractivity contribution in [1.82, 2.24) is 14.8 Å². The maximum atomic E-state index is 13.3. The molecule has 2 aromatic heterocycles. The van der Waals surface area contributed by atoms with E-state index < -0.39 is 10.0 Å². The summed E-state index contributed by atoms with van der Waals surface area (Å²) in [7, 11) is 3.08. The Morgan fingerprint density at radius 2 is 1.93 bits per heavy atom. The maximum Gasteiger partial charge on any atom is 0.409 e. The summed E-state index contributed by atoms with van der Waals surface area (Å²) < 4.78 is 11.9. The van der Waals surface area contributed by atoms with Gasteiger partial charge in [-0.3, -0.25) is 9.78 Å².